The van der Waals surface area contributed by atoms with Crippen molar-refractivity contribution in [3.8, 4) is 0 Å². The van der Waals surface area contributed by atoms with Crippen molar-refractivity contribution in [2.45, 2.75) is 13.3 Å². The van der Waals surface area contributed by atoms with Gasteiger partial charge in [-0.1, -0.05) is 6.92 Å². The molecule has 0 amide bonds. The van der Waals surface area contributed by atoms with E-state index in [2.05, 4.69) is 17.0 Å². The van der Waals surface area contributed by atoms with Gasteiger partial charge in [-0.15, -0.1) is 0 Å². The van der Waals surface area contributed by atoms with Gasteiger partial charge in [0.2, 0.25) is 0 Å². The maximum absolute atomic E-state index is 11.1. The van der Waals surface area contributed by atoms with Crippen LogP contribution in [0.5, 0.6) is 0 Å². The predicted molar refractivity (Wildman–Crippen MR) is 42.2 cm³/mol. The highest BCUT2D eigenvalue weighted by atomic mass is 16.5. The van der Waals surface area contributed by atoms with Crippen molar-refractivity contribution >= 4 is 5.97 Å². The molecule has 1 heterocycles. The fourth-order valence-corrected chi connectivity index (χ4v) is 1.50. The Morgan fingerprint density at radius 2 is 2.27 bits per heavy atom. The Bertz CT molecular complexity index is 147. The van der Waals surface area contributed by atoms with E-state index in [1.165, 1.54) is 7.11 Å². The first-order valence-electron chi connectivity index (χ1n) is 4.02. The third kappa shape index (κ3) is 2.19. The Kier molecular flexibility index (Phi) is 2.88. The fourth-order valence-electron chi connectivity index (χ4n) is 1.50. The highest BCUT2D eigenvalue weighted by Crippen LogP contribution is 2.16. The minimum atomic E-state index is -0.0796. The van der Waals surface area contributed by atoms with Crippen molar-refractivity contribution in [3.63, 3.8) is 0 Å². The van der Waals surface area contributed by atoms with Crippen LogP contribution in [-0.4, -0.2) is 26.2 Å². The third-order valence-electron chi connectivity index (χ3n) is 2.10. The van der Waals surface area contributed by atoms with Crippen molar-refractivity contribution < 1.29 is 9.53 Å². The highest BCUT2D eigenvalue weighted by molar-refractivity contribution is 5.72. The summed E-state index contributed by atoms with van der Waals surface area (Å²) in [6.07, 6.45) is 0.958. The van der Waals surface area contributed by atoms with E-state index >= 15 is 0 Å². The summed E-state index contributed by atoms with van der Waals surface area (Å²) in [6.45, 7) is 3.94. The van der Waals surface area contributed by atoms with E-state index in [-0.39, 0.29) is 11.9 Å². The second-order valence-corrected chi connectivity index (χ2v) is 3.22. The quantitative estimate of drug-likeness (QED) is 0.560. The van der Waals surface area contributed by atoms with Crippen LogP contribution in [0.3, 0.4) is 0 Å². The lowest BCUT2D eigenvalue weighted by atomic mass is 9.92. The topological polar surface area (TPSA) is 38.3 Å². The lowest BCUT2D eigenvalue weighted by Gasteiger charge is -2.25. The van der Waals surface area contributed by atoms with Crippen LogP contribution in [0.4, 0.5) is 0 Å². The summed E-state index contributed by atoms with van der Waals surface area (Å²) < 4.78 is 4.66. The number of piperidine rings is 1. The summed E-state index contributed by atoms with van der Waals surface area (Å²) in [5.74, 6) is 0.584. The van der Waals surface area contributed by atoms with Crippen LogP contribution < -0.4 is 5.32 Å². The first-order valence-corrected chi connectivity index (χ1v) is 4.02. The van der Waals surface area contributed by atoms with Crippen LogP contribution >= 0.6 is 0 Å². The summed E-state index contributed by atoms with van der Waals surface area (Å²) >= 11 is 0. The Hall–Kier alpha value is -0.570. The molecule has 2 atom stereocenters. The van der Waals surface area contributed by atoms with Gasteiger partial charge in [-0.3, -0.25) is 4.79 Å². The number of methoxy groups -OCH3 is 1. The zero-order valence-electron chi connectivity index (χ0n) is 7.09. The van der Waals surface area contributed by atoms with Crippen molar-refractivity contribution in [1.29, 1.82) is 0 Å². The van der Waals surface area contributed by atoms with Gasteiger partial charge in [0.05, 0.1) is 13.0 Å². The highest BCUT2D eigenvalue weighted by Gasteiger charge is 2.24. The van der Waals surface area contributed by atoms with Crippen LogP contribution in [0.25, 0.3) is 0 Å². The zero-order chi connectivity index (χ0) is 8.27. The molecule has 0 aliphatic carbocycles. The Morgan fingerprint density at radius 1 is 1.55 bits per heavy atom. The maximum Gasteiger partial charge on any atom is 0.309 e. The van der Waals surface area contributed by atoms with Gasteiger partial charge < -0.3 is 10.1 Å². The molecule has 11 heavy (non-hydrogen) atoms. The summed E-state index contributed by atoms with van der Waals surface area (Å²) in [6, 6.07) is 0. The molecule has 0 aromatic heterocycles. The van der Waals surface area contributed by atoms with Crippen molar-refractivity contribution in [1.82, 2.24) is 5.32 Å². The normalized spacial score (nSPS) is 31.5. The van der Waals surface area contributed by atoms with Crippen molar-refractivity contribution in [3.05, 3.63) is 0 Å². The van der Waals surface area contributed by atoms with Gasteiger partial charge in [-0.2, -0.15) is 0 Å². The molecule has 0 bridgehead atoms. The smallest absolute Gasteiger partial charge is 0.309 e. The standard InChI is InChI=1S/C8H15NO2/c1-6-3-7(5-9-4-6)8(10)11-2/h6-7,9H,3-5H2,1-2H3/t6-,7+/m0/s1. The van der Waals surface area contributed by atoms with Gasteiger partial charge >= 0.3 is 5.97 Å². The van der Waals surface area contributed by atoms with E-state index in [4.69, 9.17) is 0 Å². The van der Waals surface area contributed by atoms with Gasteiger partial charge in [-0.25, -0.2) is 0 Å². The van der Waals surface area contributed by atoms with E-state index in [0.717, 1.165) is 19.5 Å². The Morgan fingerprint density at radius 3 is 2.82 bits per heavy atom. The van der Waals surface area contributed by atoms with Crippen LogP contribution in [-0.2, 0) is 9.53 Å². The lowest BCUT2D eigenvalue weighted by molar-refractivity contribution is -0.146. The molecule has 0 spiro atoms. The summed E-state index contributed by atoms with van der Waals surface area (Å²) in [4.78, 5) is 11.1. The molecule has 3 nitrogen and oxygen atoms in total. The average Bonchev–Trinajstić information content (AvgIpc) is 2.03. The molecule has 1 rings (SSSR count). The molecular formula is C8H15NO2. The summed E-state index contributed by atoms with van der Waals surface area (Å²) in [5.41, 5.74) is 0. The van der Waals surface area contributed by atoms with Gasteiger partial charge in [0.15, 0.2) is 0 Å². The van der Waals surface area contributed by atoms with Crippen molar-refractivity contribution in [2.24, 2.45) is 11.8 Å². The van der Waals surface area contributed by atoms with Crippen LogP contribution in [0.2, 0.25) is 0 Å². The minimum Gasteiger partial charge on any atom is -0.469 e. The minimum absolute atomic E-state index is 0.0729. The number of carbonyl (C=O) groups excluding carboxylic acids is 1. The Labute approximate surface area is 67.1 Å². The molecule has 1 aliphatic heterocycles. The van der Waals surface area contributed by atoms with Gasteiger partial charge in [0.1, 0.15) is 0 Å². The largest absolute Gasteiger partial charge is 0.469 e. The molecule has 1 N–H and O–H groups in total. The molecule has 1 saturated heterocycles. The van der Waals surface area contributed by atoms with Gasteiger partial charge in [0.25, 0.3) is 0 Å². The van der Waals surface area contributed by atoms with E-state index in [1.807, 2.05) is 0 Å². The molecule has 0 saturated carbocycles. The summed E-state index contributed by atoms with van der Waals surface area (Å²) in [5, 5.41) is 3.20. The number of carbonyl (C=O) groups is 1. The predicted octanol–water partition coefficient (Wildman–Crippen LogP) is 0.405. The first-order chi connectivity index (χ1) is 5.24. The zero-order valence-corrected chi connectivity index (χ0v) is 7.09. The monoisotopic (exact) mass is 157 g/mol. The van der Waals surface area contributed by atoms with Crippen LogP contribution in [0.1, 0.15) is 13.3 Å². The van der Waals surface area contributed by atoms with Crippen molar-refractivity contribution in [2.75, 3.05) is 20.2 Å². The van der Waals surface area contributed by atoms with Gasteiger partial charge in [0, 0.05) is 6.54 Å². The molecule has 0 aromatic carbocycles. The SMILES string of the molecule is COC(=O)[C@H]1CNC[C@@H](C)C1. The second kappa shape index (κ2) is 3.72. The van der Waals surface area contributed by atoms with Crippen LogP contribution in [0.15, 0.2) is 0 Å². The number of hydrogen-bond donors (Lipinski definition) is 1. The first kappa shape index (κ1) is 8.53. The Balaban J connectivity index is 2.39. The average molecular weight is 157 g/mol. The van der Waals surface area contributed by atoms with E-state index in [1.54, 1.807) is 0 Å². The molecule has 64 valence electrons. The maximum atomic E-state index is 11.1. The molecule has 3 heteroatoms. The van der Waals surface area contributed by atoms with Crippen LogP contribution in [0, 0.1) is 11.8 Å². The third-order valence-corrected chi connectivity index (χ3v) is 2.10. The molecule has 0 aromatic rings. The number of hydrogen-bond acceptors (Lipinski definition) is 3. The van der Waals surface area contributed by atoms with E-state index < -0.39 is 0 Å². The molecule has 0 unspecified atom stereocenters. The van der Waals surface area contributed by atoms with E-state index in [0.29, 0.717) is 5.92 Å². The molecule has 1 fully saturated rings. The lowest BCUT2D eigenvalue weighted by Crippen LogP contribution is -2.39. The number of nitrogens with one attached hydrogen (secondary N) is 1. The van der Waals surface area contributed by atoms with Gasteiger partial charge in [-0.05, 0) is 18.9 Å². The summed E-state index contributed by atoms with van der Waals surface area (Å²) in [7, 11) is 1.45. The van der Waals surface area contributed by atoms with E-state index in [9.17, 15) is 4.79 Å². The second-order valence-electron chi connectivity index (χ2n) is 3.22. The number of rotatable bonds is 1. The number of esters is 1. The fraction of sp³-hybridized carbons (Fsp3) is 0.875. The molecule has 1 aliphatic rings. The number of ether oxygens (including phenoxy) is 1. The molecular weight excluding hydrogens is 142 g/mol. The molecule has 0 radical (unpaired) electrons.